The predicted molar refractivity (Wildman–Crippen MR) is 170 cm³/mol. The Morgan fingerprint density at radius 3 is 2.32 bits per heavy atom. The molecule has 1 amide bonds. The van der Waals surface area contributed by atoms with Gasteiger partial charge in [0.25, 0.3) is 0 Å². The molecule has 0 unspecified atom stereocenters. The van der Waals surface area contributed by atoms with Gasteiger partial charge in [0.1, 0.15) is 5.75 Å². The van der Waals surface area contributed by atoms with Crippen molar-refractivity contribution in [3.05, 3.63) is 83.6 Å². The second-order valence-corrected chi connectivity index (χ2v) is 12.2. The second kappa shape index (κ2) is 13.7. The highest BCUT2D eigenvalue weighted by atomic mass is 35.5. The third kappa shape index (κ3) is 6.41. The Balaban J connectivity index is 1.30. The molecular formula is C35H38ClN5O3. The largest absolute Gasteiger partial charge is 0.495 e. The van der Waals surface area contributed by atoms with Gasteiger partial charge in [-0.25, -0.2) is 9.67 Å². The molecule has 8 nitrogen and oxygen atoms in total. The fourth-order valence-corrected chi connectivity index (χ4v) is 7.06. The van der Waals surface area contributed by atoms with Crippen molar-refractivity contribution in [1.29, 1.82) is 0 Å². The molecule has 9 heteroatoms. The van der Waals surface area contributed by atoms with Gasteiger partial charge in [0.05, 0.1) is 18.7 Å². The van der Waals surface area contributed by atoms with E-state index in [1.165, 1.54) is 0 Å². The maximum Gasteiger partial charge on any atom is 0.226 e. The van der Waals surface area contributed by atoms with Gasteiger partial charge in [-0.15, -0.1) is 0 Å². The number of ether oxygens (including phenoxy) is 1. The Labute approximate surface area is 263 Å². The number of carbonyl (C=O) groups excluding carboxylic acids is 2. The lowest BCUT2D eigenvalue weighted by Crippen LogP contribution is -2.47. The number of pyridine rings is 1. The second-order valence-electron chi connectivity index (χ2n) is 11.8. The van der Waals surface area contributed by atoms with Gasteiger partial charge in [0, 0.05) is 53.5 Å². The van der Waals surface area contributed by atoms with Gasteiger partial charge in [0.2, 0.25) is 5.91 Å². The molecule has 2 saturated carbocycles. The van der Waals surface area contributed by atoms with E-state index in [1.807, 2.05) is 65.3 Å². The van der Waals surface area contributed by atoms with Gasteiger partial charge >= 0.3 is 0 Å². The van der Waals surface area contributed by atoms with Crippen molar-refractivity contribution in [3.8, 4) is 28.5 Å². The van der Waals surface area contributed by atoms with Gasteiger partial charge in [-0.1, -0.05) is 67.6 Å². The zero-order valence-electron chi connectivity index (χ0n) is 25.1. The fourth-order valence-electron chi connectivity index (χ4n) is 6.80. The van der Waals surface area contributed by atoms with E-state index in [2.05, 4.69) is 9.88 Å². The lowest BCUT2D eigenvalue weighted by atomic mass is 9.74. The molecule has 0 spiro atoms. The summed E-state index contributed by atoms with van der Waals surface area (Å²) in [7, 11) is 1.59. The van der Waals surface area contributed by atoms with E-state index in [-0.39, 0.29) is 29.6 Å². The number of rotatable bonds is 10. The average molecular weight is 612 g/mol. The minimum Gasteiger partial charge on any atom is -0.495 e. The van der Waals surface area contributed by atoms with E-state index in [0.717, 1.165) is 62.5 Å². The van der Waals surface area contributed by atoms with Gasteiger partial charge in [-0.3, -0.25) is 14.6 Å². The van der Waals surface area contributed by atoms with Crippen LogP contribution in [0.4, 0.5) is 0 Å². The summed E-state index contributed by atoms with van der Waals surface area (Å²) in [5.41, 5.74) is 2.36. The molecule has 2 aliphatic carbocycles. The number of amides is 1. The van der Waals surface area contributed by atoms with Gasteiger partial charge in [0.15, 0.2) is 17.4 Å². The van der Waals surface area contributed by atoms with E-state index < -0.39 is 0 Å². The highest BCUT2D eigenvalue weighted by Gasteiger charge is 2.40. The zero-order valence-corrected chi connectivity index (χ0v) is 25.8. The first-order valence-electron chi connectivity index (χ1n) is 15.6. The van der Waals surface area contributed by atoms with Crippen molar-refractivity contribution in [2.75, 3.05) is 13.7 Å². The summed E-state index contributed by atoms with van der Waals surface area (Å²) in [5.74, 6) is 1.43. The highest BCUT2D eigenvalue weighted by Crippen LogP contribution is 2.36. The number of benzene rings is 2. The summed E-state index contributed by atoms with van der Waals surface area (Å²) < 4.78 is 7.24. The Bertz CT molecular complexity index is 1590. The first kappa shape index (κ1) is 30.0. The lowest BCUT2D eigenvalue weighted by Gasteiger charge is -2.37. The summed E-state index contributed by atoms with van der Waals surface area (Å²) in [5, 5.41) is 5.38. The Morgan fingerprint density at radius 1 is 0.909 bits per heavy atom. The molecule has 2 heterocycles. The number of aromatic nitrogens is 4. The van der Waals surface area contributed by atoms with Crippen LogP contribution in [0.5, 0.6) is 5.75 Å². The van der Waals surface area contributed by atoms with Crippen LogP contribution in [0.15, 0.2) is 73.1 Å². The zero-order chi connectivity index (χ0) is 30.5. The lowest BCUT2D eigenvalue weighted by molar-refractivity contribution is -0.140. The molecule has 4 aromatic rings. The van der Waals surface area contributed by atoms with Crippen molar-refractivity contribution in [2.24, 2.45) is 11.8 Å². The molecular weight excluding hydrogens is 574 g/mol. The number of Topliss-reactive ketones (excluding diaryl/α,β-unsaturated/α-hetero) is 1. The maximum absolute atomic E-state index is 14.4. The van der Waals surface area contributed by atoms with Crippen LogP contribution in [-0.2, 0) is 11.3 Å². The Morgan fingerprint density at radius 2 is 1.61 bits per heavy atom. The van der Waals surface area contributed by atoms with Crippen molar-refractivity contribution < 1.29 is 14.3 Å². The molecule has 2 fully saturated rings. The SMILES string of the molecule is COc1ccc(-c2nc(-c3ccncc3)nn2CCN(C(=O)[C@@H]2CCCC[C@H]2C(=O)c2ccccc2)C2CCCC2)cc1Cl. The molecule has 44 heavy (non-hydrogen) atoms. The summed E-state index contributed by atoms with van der Waals surface area (Å²) in [6, 6.07) is 18.9. The van der Waals surface area contributed by atoms with Crippen LogP contribution in [-0.4, -0.2) is 56.0 Å². The number of nitrogens with zero attached hydrogens (tertiary/aromatic N) is 5. The standard InChI is InChI=1S/C35H38ClN5O3/c1-44-31-16-15-26(23-30(31)36)34-38-33(25-17-19-37-20-18-25)39-41(34)22-21-40(27-11-5-6-12-27)35(43)29-14-8-7-13-28(29)32(42)24-9-3-2-4-10-24/h2-4,9-10,15-20,23,27-29H,5-8,11-14,21-22H2,1H3/t28-,29-/m1/s1. The van der Waals surface area contributed by atoms with Crippen molar-refractivity contribution in [1.82, 2.24) is 24.6 Å². The molecule has 0 saturated heterocycles. The maximum atomic E-state index is 14.4. The van der Waals surface area contributed by atoms with Crippen LogP contribution in [0.25, 0.3) is 22.8 Å². The van der Waals surface area contributed by atoms with Crippen LogP contribution in [0, 0.1) is 11.8 Å². The van der Waals surface area contributed by atoms with E-state index in [4.69, 9.17) is 26.4 Å². The number of hydrogen-bond acceptors (Lipinski definition) is 6. The first-order chi connectivity index (χ1) is 21.5. The van der Waals surface area contributed by atoms with Gasteiger partial charge < -0.3 is 9.64 Å². The van der Waals surface area contributed by atoms with E-state index >= 15 is 0 Å². The van der Waals surface area contributed by atoms with Gasteiger partial charge in [-0.2, -0.15) is 5.10 Å². The van der Waals surface area contributed by atoms with Crippen LogP contribution in [0.2, 0.25) is 5.02 Å². The summed E-state index contributed by atoms with van der Waals surface area (Å²) >= 11 is 6.51. The molecule has 2 aliphatic rings. The molecule has 0 aliphatic heterocycles. The minimum atomic E-state index is -0.306. The third-order valence-corrected chi connectivity index (χ3v) is 9.40. The summed E-state index contributed by atoms with van der Waals surface area (Å²) in [6.45, 7) is 0.950. The van der Waals surface area contributed by atoms with Crippen LogP contribution < -0.4 is 4.74 Å². The quantitative estimate of drug-likeness (QED) is 0.177. The van der Waals surface area contributed by atoms with Crippen molar-refractivity contribution >= 4 is 23.3 Å². The smallest absolute Gasteiger partial charge is 0.226 e. The average Bonchev–Trinajstić information content (AvgIpc) is 3.76. The molecule has 6 rings (SSSR count). The topological polar surface area (TPSA) is 90.2 Å². The van der Waals surface area contributed by atoms with Crippen LogP contribution in [0.1, 0.15) is 61.7 Å². The van der Waals surface area contributed by atoms with Crippen molar-refractivity contribution in [3.63, 3.8) is 0 Å². The van der Waals surface area contributed by atoms with Crippen LogP contribution >= 0.6 is 11.6 Å². The number of carbonyl (C=O) groups is 2. The fraction of sp³-hybridized carbons (Fsp3) is 0.400. The minimum absolute atomic E-state index is 0.0898. The number of hydrogen-bond donors (Lipinski definition) is 0. The van der Waals surface area contributed by atoms with E-state index in [0.29, 0.717) is 41.1 Å². The summed E-state index contributed by atoms with van der Waals surface area (Å²) in [4.78, 5) is 39.2. The third-order valence-electron chi connectivity index (χ3n) is 9.10. The molecule has 0 N–H and O–H groups in total. The number of halogens is 1. The van der Waals surface area contributed by atoms with Crippen LogP contribution in [0.3, 0.4) is 0 Å². The number of ketones is 1. The Kier molecular flexibility index (Phi) is 9.36. The molecule has 2 aromatic carbocycles. The molecule has 2 aromatic heterocycles. The molecule has 0 bridgehead atoms. The monoisotopic (exact) mass is 611 g/mol. The molecule has 0 radical (unpaired) electrons. The highest BCUT2D eigenvalue weighted by molar-refractivity contribution is 6.32. The van der Waals surface area contributed by atoms with E-state index in [9.17, 15) is 9.59 Å². The Hall–Kier alpha value is -4.04. The summed E-state index contributed by atoms with van der Waals surface area (Å²) in [6.07, 6.45) is 11.1. The van der Waals surface area contributed by atoms with Gasteiger partial charge in [-0.05, 0) is 56.0 Å². The number of methoxy groups -OCH3 is 1. The van der Waals surface area contributed by atoms with Crippen molar-refractivity contribution in [2.45, 2.75) is 64.0 Å². The first-order valence-corrected chi connectivity index (χ1v) is 16.0. The van der Waals surface area contributed by atoms with E-state index in [1.54, 1.807) is 19.5 Å². The predicted octanol–water partition coefficient (Wildman–Crippen LogP) is 7.13. The normalized spacial score (nSPS) is 18.7. The molecule has 2 atom stereocenters. The molecule has 228 valence electrons.